The van der Waals surface area contributed by atoms with Gasteiger partial charge in [0.15, 0.2) is 0 Å². The number of nitrogens with one attached hydrogen (secondary N) is 1. The minimum atomic E-state index is -3.59. The van der Waals surface area contributed by atoms with Crippen LogP contribution in [0.15, 0.2) is 40.6 Å². The van der Waals surface area contributed by atoms with Crippen molar-refractivity contribution in [2.75, 3.05) is 38.6 Å². The van der Waals surface area contributed by atoms with Crippen molar-refractivity contribution in [2.45, 2.75) is 43.0 Å². The van der Waals surface area contributed by atoms with Crippen LogP contribution in [0.2, 0.25) is 0 Å². The average molecular weight is 464 g/mol. The van der Waals surface area contributed by atoms with E-state index in [1.807, 2.05) is 6.07 Å². The van der Waals surface area contributed by atoms with Crippen LogP contribution in [0.25, 0.3) is 0 Å². The highest BCUT2D eigenvalue weighted by Gasteiger charge is 2.29. The summed E-state index contributed by atoms with van der Waals surface area (Å²) in [5.74, 6) is 0.274. The molecule has 2 saturated heterocycles. The van der Waals surface area contributed by atoms with Gasteiger partial charge < -0.3 is 10.1 Å². The Morgan fingerprint density at radius 3 is 2.68 bits per heavy atom. The smallest absolute Gasteiger partial charge is 0.243 e. The van der Waals surface area contributed by atoms with Gasteiger partial charge in [-0.25, -0.2) is 8.42 Å². The van der Waals surface area contributed by atoms with Gasteiger partial charge in [0.1, 0.15) is 5.75 Å². The minimum absolute atomic E-state index is 0.172. The zero-order valence-corrected chi connectivity index (χ0v) is 19.4. The molecule has 0 spiro atoms. The SMILES string of the molecule is COc1ccc(S(=O)(=O)N2CCCCC2)cc1NC(=O)CN1CCCC1c1cccs1. The Labute approximate surface area is 188 Å². The lowest BCUT2D eigenvalue weighted by Crippen LogP contribution is -2.35. The first kappa shape index (κ1) is 22.3. The molecule has 9 heteroatoms. The average Bonchev–Trinajstić information content (AvgIpc) is 3.46. The van der Waals surface area contributed by atoms with Crippen LogP contribution in [0.4, 0.5) is 5.69 Å². The number of piperidine rings is 1. The van der Waals surface area contributed by atoms with Crippen LogP contribution in [-0.4, -0.2) is 56.8 Å². The molecule has 1 unspecified atom stereocenters. The molecule has 2 aliphatic rings. The second kappa shape index (κ2) is 9.68. The van der Waals surface area contributed by atoms with Gasteiger partial charge in [-0.2, -0.15) is 4.31 Å². The lowest BCUT2D eigenvalue weighted by molar-refractivity contribution is -0.117. The van der Waals surface area contributed by atoms with E-state index in [4.69, 9.17) is 4.74 Å². The molecule has 0 aliphatic carbocycles. The van der Waals surface area contributed by atoms with Crippen LogP contribution in [0.5, 0.6) is 5.75 Å². The number of hydrogen-bond acceptors (Lipinski definition) is 6. The van der Waals surface area contributed by atoms with Crippen molar-refractivity contribution in [2.24, 2.45) is 0 Å². The number of thiophene rings is 1. The number of sulfonamides is 1. The summed E-state index contributed by atoms with van der Waals surface area (Å²) in [5, 5.41) is 4.95. The van der Waals surface area contributed by atoms with Crippen LogP contribution in [0.1, 0.15) is 43.0 Å². The highest BCUT2D eigenvalue weighted by molar-refractivity contribution is 7.89. The predicted octanol–water partition coefficient (Wildman–Crippen LogP) is 3.71. The van der Waals surface area contributed by atoms with Crippen LogP contribution in [-0.2, 0) is 14.8 Å². The molecule has 1 amide bonds. The Bertz CT molecular complexity index is 1000. The van der Waals surface area contributed by atoms with Crippen molar-refractivity contribution in [3.05, 3.63) is 40.6 Å². The Hall–Kier alpha value is -1.94. The van der Waals surface area contributed by atoms with Gasteiger partial charge in [0, 0.05) is 24.0 Å². The molecule has 0 saturated carbocycles. The fraction of sp³-hybridized carbons (Fsp3) is 0.500. The molecule has 31 heavy (non-hydrogen) atoms. The van der Waals surface area contributed by atoms with Crippen molar-refractivity contribution in [3.63, 3.8) is 0 Å². The van der Waals surface area contributed by atoms with E-state index in [0.717, 1.165) is 38.6 Å². The number of anilines is 1. The number of methoxy groups -OCH3 is 1. The number of ether oxygens (including phenoxy) is 1. The second-order valence-electron chi connectivity index (χ2n) is 8.02. The van der Waals surface area contributed by atoms with Gasteiger partial charge in [0.25, 0.3) is 0 Å². The maximum Gasteiger partial charge on any atom is 0.243 e. The molecule has 2 aromatic rings. The van der Waals surface area contributed by atoms with Gasteiger partial charge in [-0.1, -0.05) is 12.5 Å². The molecule has 4 rings (SSSR count). The minimum Gasteiger partial charge on any atom is -0.495 e. The molecule has 1 atom stereocenters. The first-order valence-electron chi connectivity index (χ1n) is 10.7. The molecule has 2 aliphatic heterocycles. The highest BCUT2D eigenvalue weighted by Crippen LogP contribution is 2.34. The molecule has 3 heterocycles. The van der Waals surface area contributed by atoms with E-state index in [1.165, 1.54) is 22.4 Å². The molecule has 0 bridgehead atoms. The summed E-state index contributed by atoms with van der Waals surface area (Å²) in [7, 11) is -2.08. The highest BCUT2D eigenvalue weighted by atomic mass is 32.2. The summed E-state index contributed by atoms with van der Waals surface area (Å²) in [6.45, 7) is 2.20. The molecular formula is C22H29N3O4S2. The van der Waals surface area contributed by atoms with E-state index < -0.39 is 10.0 Å². The van der Waals surface area contributed by atoms with Gasteiger partial charge in [0.05, 0.1) is 24.2 Å². The van der Waals surface area contributed by atoms with Gasteiger partial charge >= 0.3 is 0 Å². The van der Waals surface area contributed by atoms with Crippen LogP contribution < -0.4 is 10.1 Å². The van der Waals surface area contributed by atoms with E-state index in [0.29, 0.717) is 24.5 Å². The molecular weight excluding hydrogens is 434 g/mol. The summed E-state index contributed by atoms with van der Waals surface area (Å²) in [6.07, 6.45) is 4.91. The monoisotopic (exact) mass is 463 g/mol. The third-order valence-corrected chi connectivity index (χ3v) is 8.85. The van der Waals surface area contributed by atoms with Crippen molar-refractivity contribution < 1.29 is 17.9 Å². The van der Waals surface area contributed by atoms with Crippen molar-refractivity contribution in [3.8, 4) is 5.75 Å². The van der Waals surface area contributed by atoms with E-state index in [2.05, 4.69) is 21.7 Å². The van der Waals surface area contributed by atoms with Crippen LogP contribution in [0.3, 0.4) is 0 Å². The van der Waals surface area contributed by atoms with Gasteiger partial charge in [-0.05, 0) is 61.9 Å². The van der Waals surface area contributed by atoms with Crippen molar-refractivity contribution in [1.82, 2.24) is 9.21 Å². The van der Waals surface area contributed by atoms with Gasteiger partial charge in [0.2, 0.25) is 15.9 Å². The summed E-state index contributed by atoms with van der Waals surface area (Å²) in [6, 6.07) is 9.08. The Morgan fingerprint density at radius 2 is 1.97 bits per heavy atom. The predicted molar refractivity (Wildman–Crippen MR) is 122 cm³/mol. The van der Waals surface area contributed by atoms with E-state index in [1.54, 1.807) is 23.5 Å². The number of amides is 1. The van der Waals surface area contributed by atoms with E-state index in [-0.39, 0.29) is 23.4 Å². The zero-order chi connectivity index (χ0) is 21.8. The molecule has 2 fully saturated rings. The van der Waals surface area contributed by atoms with Crippen LogP contribution >= 0.6 is 11.3 Å². The van der Waals surface area contributed by atoms with E-state index >= 15 is 0 Å². The zero-order valence-electron chi connectivity index (χ0n) is 17.7. The Morgan fingerprint density at radius 1 is 1.16 bits per heavy atom. The molecule has 1 N–H and O–H groups in total. The van der Waals surface area contributed by atoms with Gasteiger partial charge in [-0.15, -0.1) is 11.3 Å². The maximum absolute atomic E-state index is 13.0. The normalized spacial score (nSPS) is 20.6. The number of likely N-dealkylation sites (tertiary alicyclic amines) is 1. The quantitative estimate of drug-likeness (QED) is 0.677. The first-order valence-corrected chi connectivity index (χ1v) is 13.1. The maximum atomic E-state index is 13.0. The number of carbonyl (C=O) groups is 1. The lowest BCUT2D eigenvalue weighted by atomic mass is 10.2. The Kier molecular flexibility index (Phi) is 6.95. The van der Waals surface area contributed by atoms with Crippen molar-refractivity contribution >= 4 is 33.0 Å². The molecule has 168 valence electrons. The third-order valence-electron chi connectivity index (χ3n) is 5.98. The molecule has 7 nitrogen and oxygen atoms in total. The first-order chi connectivity index (χ1) is 15.0. The lowest BCUT2D eigenvalue weighted by Gasteiger charge is -2.26. The number of nitrogens with zero attached hydrogens (tertiary/aromatic N) is 2. The second-order valence-corrected chi connectivity index (χ2v) is 10.9. The number of rotatable bonds is 7. The van der Waals surface area contributed by atoms with E-state index in [9.17, 15) is 13.2 Å². The van der Waals surface area contributed by atoms with Crippen molar-refractivity contribution in [1.29, 1.82) is 0 Å². The summed E-state index contributed by atoms with van der Waals surface area (Å²) < 4.78 is 33.0. The summed E-state index contributed by atoms with van der Waals surface area (Å²) in [4.78, 5) is 16.5. The fourth-order valence-electron chi connectivity index (χ4n) is 4.39. The Balaban J connectivity index is 1.49. The molecule has 1 aromatic heterocycles. The molecule has 1 aromatic carbocycles. The molecule has 0 radical (unpaired) electrons. The standard InChI is InChI=1S/C22H29N3O4S2/c1-29-20-10-9-17(31(27,28)25-12-3-2-4-13-25)15-18(20)23-22(26)16-24-11-5-7-19(24)21-8-6-14-30-21/h6,8-10,14-15,19H,2-5,7,11-13,16H2,1H3,(H,23,26). The topological polar surface area (TPSA) is 79.0 Å². The third kappa shape index (κ3) is 4.95. The fourth-order valence-corrected chi connectivity index (χ4v) is 6.83. The largest absolute Gasteiger partial charge is 0.495 e. The summed E-state index contributed by atoms with van der Waals surface area (Å²) >= 11 is 1.71. The van der Waals surface area contributed by atoms with Gasteiger partial charge in [-0.3, -0.25) is 9.69 Å². The number of benzene rings is 1. The number of hydrogen-bond donors (Lipinski definition) is 1. The number of carbonyl (C=O) groups excluding carboxylic acids is 1. The van der Waals surface area contributed by atoms with Crippen LogP contribution in [0, 0.1) is 0 Å². The summed E-state index contributed by atoms with van der Waals surface area (Å²) in [5.41, 5.74) is 0.387.